The van der Waals surface area contributed by atoms with E-state index in [2.05, 4.69) is 24.3 Å². The standard InChI is InChI=1S/C25H27ClO4/c1-28-19-11-9-17(10-12-19)14-18-15-23(21-7-3-4-8-22(21)24(18)26)25(29-2)13-5-6-20(16-27)30-25/h3-4,7-12,15,20,27H,5-6,13-14,16H2,1-2H3. The predicted octanol–water partition coefficient (Wildman–Crippen LogP) is 5.45. The van der Waals surface area contributed by atoms with Gasteiger partial charge in [-0.25, -0.2) is 0 Å². The van der Waals surface area contributed by atoms with Crippen LogP contribution in [-0.2, 0) is 21.7 Å². The van der Waals surface area contributed by atoms with Gasteiger partial charge < -0.3 is 19.3 Å². The van der Waals surface area contributed by atoms with Crippen LogP contribution in [0.5, 0.6) is 5.75 Å². The monoisotopic (exact) mass is 426 g/mol. The molecule has 0 spiro atoms. The molecule has 4 rings (SSSR count). The van der Waals surface area contributed by atoms with E-state index in [9.17, 15) is 5.11 Å². The van der Waals surface area contributed by atoms with Gasteiger partial charge in [-0.1, -0.05) is 48.0 Å². The fourth-order valence-electron chi connectivity index (χ4n) is 4.34. The zero-order valence-corrected chi connectivity index (χ0v) is 18.1. The van der Waals surface area contributed by atoms with Crippen LogP contribution in [0.4, 0.5) is 0 Å². The smallest absolute Gasteiger partial charge is 0.195 e. The molecule has 5 heteroatoms. The number of ether oxygens (including phenoxy) is 3. The molecule has 0 bridgehead atoms. The van der Waals surface area contributed by atoms with Gasteiger partial charge in [0.05, 0.1) is 24.8 Å². The van der Waals surface area contributed by atoms with Gasteiger partial charge in [0.2, 0.25) is 0 Å². The van der Waals surface area contributed by atoms with Crippen LogP contribution in [0.1, 0.15) is 36.0 Å². The van der Waals surface area contributed by atoms with Crippen LogP contribution in [0.25, 0.3) is 10.8 Å². The molecule has 2 atom stereocenters. The summed E-state index contributed by atoms with van der Waals surface area (Å²) in [6.45, 7) is -0.0185. The maximum atomic E-state index is 9.70. The lowest BCUT2D eigenvalue weighted by Crippen LogP contribution is -2.41. The summed E-state index contributed by atoms with van der Waals surface area (Å²) < 4.78 is 17.6. The quantitative estimate of drug-likeness (QED) is 0.569. The molecule has 3 aromatic rings. The third-order valence-corrected chi connectivity index (χ3v) is 6.39. The number of methoxy groups -OCH3 is 2. The minimum Gasteiger partial charge on any atom is -0.497 e. The Balaban J connectivity index is 1.83. The molecule has 4 nitrogen and oxygen atoms in total. The summed E-state index contributed by atoms with van der Waals surface area (Å²) in [5.74, 6) is -0.0714. The topological polar surface area (TPSA) is 47.9 Å². The van der Waals surface area contributed by atoms with Crippen LogP contribution < -0.4 is 4.74 Å². The Morgan fingerprint density at radius 2 is 1.83 bits per heavy atom. The molecule has 1 aliphatic heterocycles. The first-order valence-corrected chi connectivity index (χ1v) is 10.7. The van der Waals surface area contributed by atoms with Gasteiger partial charge in [0.1, 0.15) is 5.75 Å². The highest BCUT2D eigenvalue weighted by Gasteiger charge is 2.40. The van der Waals surface area contributed by atoms with Crippen molar-refractivity contribution in [2.75, 3.05) is 20.8 Å². The SMILES string of the molecule is COc1ccc(Cc2cc(C3(OC)CCCC(CO)O3)c3ccccc3c2Cl)cc1. The second-order valence-electron chi connectivity index (χ2n) is 7.74. The van der Waals surface area contributed by atoms with E-state index in [0.717, 1.165) is 57.5 Å². The molecular weight excluding hydrogens is 400 g/mol. The fraction of sp³-hybridized carbons (Fsp3) is 0.360. The molecule has 0 aliphatic carbocycles. The normalized spacial score (nSPS) is 21.7. The van der Waals surface area contributed by atoms with Gasteiger partial charge in [0.15, 0.2) is 5.79 Å². The Kier molecular flexibility index (Phi) is 6.30. The number of halogens is 1. The van der Waals surface area contributed by atoms with Crippen molar-refractivity contribution in [3.8, 4) is 5.75 Å². The van der Waals surface area contributed by atoms with E-state index in [1.54, 1.807) is 14.2 Å². The molecule has 1 N–H and O–H groups in total. The zero-order chi connectivity index (χ0) is 21.1. The first-order chi connectivity index (χ1) is 14.6. The molecule has 1 saturated heterocycles. The van der Waals surface area contributed by atoms with Crippen molar-refractivity contribution < 1.29 is 19.3 Å². The molecule has 30 heavy (non-hydrogen) atoms. The van der Waals surface area contributed by atoms with Crippen LogP contribution >= 0.6 is 11.6 Å². The maximum Gasteiger partial charge on any atom is 0.195 e. The lowest BCUT2D eigenvalue weighted by atomic mass is 9.88. The number of hydrogen-bond donors (Lipinski definition) is 1. The Morgan fingerprint density at radius 1 is 1.10 bits per heavy atom. The number of aliphatic hydroxyl groups excluding tert-OH is 1. The molecule has 0 aromatic heterocycles. The number of aliphatic hydroxyl groups is 1. The Labute approximate surface area is 182 Å². The van der Waals surface area contributed by atoms with Gasteiger partial charge in [-0.15, -0.1) is 0 Å². The molecule has 0 saturated carbocycles. The zero-order valence-electron chi connectivity index (χ0n) is 17.4. The molecule has 3 aromatic carbocycles. The van der Waals surface area contributed by atoms with Crippen molar-refractivity contribution in [1.29, 1.82) is 0 Å². The van der Waals surface area contributed by atoms with E-state index in [4.69, 9.17) is 25.8 Å². The van der Waals surface area contributed by atoms with E-state index in [1.165, 1.54) is 0 Å². The van der Waals surface area contributed by atoms with E-state index in [0.29, 0.717) is 6.42 Å². The highest BCUT2D eigenvalue weighted by atomic mass is 35.5. The Morgan fingerprint density at radius 3 is 2.50 bits per heavy atom. The summed E-state index contributed by atoms with van der Waals surface area (Å²) in [7, 11) is 3.34. The summed E-state index contributed by atoms with van der Waals surface area (Å²) in [6, 6.07) is 18.2. The highest BCUT2D eigenvalue weighted by Crippen LogP contribution is 2.44. The van der Waals surface area contributed by atoms with Gasteiger partial charge in [0.25, 0.3) is 0 Å². The largest absolute Gasteiger partial charge is 0.497 e. The Bertz CT molecular complexity index is 1020. The van der Waals surface area contributed by atoms with Gasteiger partial charge in [-0.05, 0) is 54.0 Å². The molecule has 1 fully saturated rings. The number of fused-ring (bicyclic) bond motifs is 1. The van der Waals surface area contributed by atoms with Crippen molar-refractivity contribution >= 4 is 22.4 Å². The third-order valence-electron chi connectivity index (χ3n) is 5.94. The van der Waals surface area contributed by atoms with Gasteiger partial charge in [0, 0.05) is 24.5 Å². The van der Waals surface area contributed by atoms with E-state index in [-0.39, 0.29) is 12.7 Å². The number of rotatable bonds is 6. The molecule has 1 aliphatic rings. The van der Waals surface area contributed by atoms with E-state index in [1.807, 2.05) is 30.3 Å². The Hall–Kier alpha value is -2.11. The van der Waals surface area contributed by atoms with Crippen molar-refractivity contribution in [3.05, 3.63) is 76.3 Å². The van der Waals surface area contributed by atoms with E-state index < -0.39 is 5.79 Å². The van der Waals surface area contributed by atoms with Crippen molar-refractivity contribution in [3.63, 3.8) is 0 Å². The molecule has 158 valence electrons. The lowest BCUT2D eigenvalue weighted by molar-refractivity contribution is -0.281. The molecular formula is C25H27ClO4. The van der Waals surface area contributed by atoms with Gasteiger partial charge in [-0.2, -0.15) is 0 Å². The minimum absolute atomic E-state index is 0.0185. The summed E-state index contributed by atoms with van der Waals surface area (Å²) in [5.41, 5.74) is 3.12. The average Bonchev–Trinajstić information content (AvgIpc) is 2.81. The van der Waals surface area contributed by atoms with Crippen LogP contribution in [0, 0.1) is 0 Å². The predicted molar refractivity (Wildman–Crippen MR) is 119 cm³/mol. The second-order valence-corrected chi connectivity index (χ2v) is 8.12. The average molecular weight is 427 g/mol. The fourth-order valence-corrected chi connectivity index (χ4v) is 4.63. The summed E-state index contributed by atoms with van der Waals surface area (Å²) in [5, 5.41) is 12.4. The summed E-state index contributed by atoms with van der Waals surface area (Å²) in [6.07, 6.45) is 2.92. The van der Waals surface area contributed by atoms with Crippen LogP contribution in [0.15, 0.2) is 54.6 Å². The van der Waals surface area contributed by atoms with Crippen LogP contribution in [-0.4, -0.2) is 32.0 Å². The molecule has 1 heterocycles. The van der Waals surface area contributed by atoms with Crippen molar-refractivity contribution in [2.24, 2.45) is 0 Å². The van der Waals surface area contributed by atoms with Crippen molar-refractivity contribution in [2.45, 2.75) is 37.6 Å². The molecule has 2 unspecified atom stereocenters. The van der Waals surface area contributed by atoms with Crippen molar-refractivity contribution in [1.82, 2.24) is 0 Å². The maximum absolute atomic E-state index is 9.70. The second kappa shape index (κ2) is 8.94. The number of benzene rings is 3. The van der Waals surface area contributed by atoms with Crippen LogP contribution in [0.2, 0.25) is 5.02 Å². The summed E-state index contributed by atoms with van der Waals surface area (Å²) in [4.78, 5) is 0. The first kappa shape index (κ1) is 21.1. The minimum atomic E-state index is -0.898. The third kappa shape index (κ3) is 3.93. The highest BCUT2D eigenvalue weighted by molar-refractivity contribution is 6.36. The van der Waals surface area contributed by atoms with Gasteiger partial charge in [-0.3, -0.25) is 0 Å². The lowest BCUT2D eigenvalue weighted by Gasteiger charge is -2.40. The first-order valence-electron chi connectivity index (χ1n) is 10.3. The van der Waals surface area contributed by atoms with E-state index >= 15 is 0 Å². The van der Waals surface area contributed by atoms with Gasteiger partial charge >= 0.3 is 0 Å². The van der Waals surface area contributed by atoms with Crippen LogP contribution in [0.3, 0.4) is 0 Å². The molecule has 0 radical (unpaired) electrons. The molecule has 0 amide bonds. The number of hydrogen-bond acceptors (Lipinski definition) is 4. The summed E-state index contributed by atoms with van der Waals surface area (Å²) >= 11 is 6.86.